The van der Waals surface area contributed by atoms with Crippen molar-refractivity contribution in [3.05, 3.63) is 63.7 Å². The van der Waals surface area contributed by atoms with Gasteiger partial charge in [0.1, 0.15) is 0 Å². The van der Waals surface area contributed by atoms with Crippen molar-refractivity contribution >= 4 is 5.69 Å². The Kier molecular flexibility index (Phi) is 3.52. The van der Waals surface area contributed by atoms with Crippen LogP contribution in [-0.2, 0) is 12.8 Å². The molecular formula is C19H23N. The zero-order valence-electron chi connectivity index (χ0n) is 12.7. The topological polar surface area (TPSA) is 12.0 Å². The number of hydrogen-bond donors (Lipinski definition) is 1. The number of fused-ring (bicyclic) bond motifs is 1. The summed E-state index contributed by atoms with van der Waals surface area (Å²) in [5, 5.41) is 3.48. The second-order valence-corrected chi connectivity index (χ2v) is 6.08. The summed E-state index contributed by atoms with van der Waals surface area (Å²) in [6.07, 6.45) is 3.51. The molecule has 1 N–H and O–H groups in total. The molecule has 2 aromatic carbocycles. The normalized spacial score (nSPS) is 13.8. The minimum absolute atomic E-state index is 1.05. The summed E-state index contributed by atoms with van der Waals surface area (Å²) in [7, 11) is 0. The fourth-order valence-electron chi connectivity index (χ4n) is 3.33. The third-order valence-electron chi connectivity index (χ3n) is 4.33. The fraction of sp³-hybridized carbons (Fsp3) is 0.368. The van der Waals surface area contributed by atoms with Crippen LogP contribution in [0.5, 0.6) is 0 Å². The molecule has 0 fully saturated rings. The van der Waals surface area contributed by atoms with Crippen LogP contribution in [0, 0.1) is 20.8 Å². The molecular weight excluding hydrogens is 242 g/mol. The van der Waals surface area contributed by atoms with E-state index in [1.165, 1.54) is 51.9 Å². The molecule has 0 bridgehead atoms. The zero-order valence-corrected chi connectivity index (χ0v) is 12.7. The van der Waals surface area contributed by atoms with Gasteiger partial charge in [0.2, 0.25) is 0 Å². The van der Waals surface area contributed by atoms with Gasteiger partial charge in [-0.05, 0) is 73.9 Å². The molecule has 0 aliphatic carbocycles. The van der Waals surface area contributed by atoms with Crippen molar-refractivity contribution in [3.63, 3.8) is 0 Å². The lowest BCUT2D eigenvalue weighted by Gasteiger charge is -2.19. The number of benzene rings is 2. The predicted molar refractivity (Wildman–Crippen MR) is 86.7 cm³/mol. The molecule has 0 spiro atoms. The van der Waals surface area contributed by atoms with E-state index in [4.69, 9.17) is 0 Å². The van der Waals surface area contributed by atoms with E-state index < -0.39 is 0 Å². The fourth-order valence-corrected chi connectivity index (χ4v) is 3.33. The van der Waals surface area contributed by atoms with Crippen LogP contribution in [-0.4, -0.2) is 6.54 Å². The Morgan fingerprint density at radius 2 is 1.75 bits per heavy atom. The van der Waals surface area contributed by atoms with Crippen molar-refractivity contribution in [3.8, 4) is 0 Å². The third kappa shape index (κ3) is 2.58. The highest BCUT2D eigenvalue weighted by Gasteiger charge is 2.10. The van der Waals surface area contributed by atoms with Gasteiger partial charge in [0, 0.05) is 12.2 Å². The summed E-state index contributed by atoms with van der Waals surface area (Å²) in [5.41, 5.74) is 9.92. The van der Waals surface area contributed by atoms with E-state index in [0.29, 0.717) is 0 Å². The summed E-state index contributed by atoms with van der Waals surface area (Å²) in [6.45, 7) is 7.75. The van der Waals surface area contributed by atoms with E-state index in [0.717, 1.165) is 13.0 Å². The number of nitrogens with one attached hydrogen (secondary N) is 1. The van der Waals surface area contributed by atoms with E-state index in [-0.39, 0.29) is 0 Å². The van der Waals surface area contributed by atoms with Crippen molar-refractivity contribution in [2.45, 2.75) is 40.0 Å². The Bertz CT molecular complexity index is 617. The first-order valence-corrected chi connectivity index (χ1v) is 7.56. The van der Waals surface area contributed by atoms with E-state index in [1.54, 1.807) is 0 Å². The van der Waals surface area contributed by atoms with Crippen LogP contribution in [0.2, 0.25) is 0 Å². The van der Waals surface area contributed by atoms with Gasteiger partial charge in [0.15, 0.2) is 0 Å². The number of aryl methyl sites for hydroxylation is 4. The van der Waals surface area contributed by atoms with Gasteiger partial charge >= 0.3 is 0 Å². The molecule has 0 aromatic heterocycles. The number of hydrogen-bond acceptors (Lipinski definition) is 1. The molecule has 0 amide bonds. The van der Waals surface area contributed by atoms with Crippen LogP contribution in [0.4, 0.5) is 5.69 Å². The molecule has 0 atom stereocenters. The predicted octanol–water partition coefficient (Wildman–Crippen LogP) is 4.56. The number of anilines is 1. The van der Waals surface area contributed by atoms with E-state index in [1.807, 2.05) is 0 Å². The molecule has 3 rings (SSSR count). The van der Waals surface area contributed by atoms with E-state index >= 15 is 0 Å². The van der Waals surface area contributed by atoms with Crippen molar-refractivity contribution in [1.29, 1.82) is 0 Å². The lowest BCUT2D eigenvalue weighted by molar-refractivity contribution is 0.828. The molecule has 1 nitrogen and oxygen atoms in total. The van der Waals surface area contributed by atoms with Crippen LogP contribution >= 0.6 is 0 Å². The highest BCUT2D eigenvalue weighted by atomic mass is 14.9. The first kappa shape index (κ1) is 13.2. The summed E-state index contributed by atoms with van der Waals surface area (Å²) >= 11 is 0. The van der Waals surface area contributed by atoms with Gasteiger partial charge < -0.3 is 5.32 Å². The molecule has 104 valence electrons. The molecule has 1 heteroatoms. The molecule has 0 saturated heterocycles. The van der Waals surface area contributed by atoms with Gasteiger partial charge in [-0.2, -0.15) is 0 Å². The second-order valence-electron chi connectivity index (χ2n) is 6.08. The Morgan fingerprint density at radius 1 is 1.00 bits per heavy atom. The van der Waals surface area contributed by atoms with Crippen molar-refractivity contribution < 1.29 is 0 Å². The summed E-state index contributed by atoms with van der Waals surface area (Å²) in [4.78, 5) is 0. The van der Waals surface area contributed by atoms with Crippen molar-refractivity contribution in [2.24, 2.45) is 0 Å². The second kappa shape index (κ2) is 5.32. The minimum Gasteiger partial charge on any atom is -0.385 e. The Labute approximate surface area is 122 Å². The van der Waals surface area contributed by atoms with Gasteiger partial charge in [-0.1, -0.05) is 29.8 Å². The van der Waals surface area contributed by atoms with Crippen LogP contribution < -0.4 is 5.32 Å². The molecule has 1 heterocycles. The van der Waals surface area contributed by atoms with Crippen LogP contribution in [0.15, 0.2) is 30.3 Å². The zero-order chi connectivity index (χ0) is 14.1. The maximum absolute atomic E-state index is 3.48. The monoisotopic (exact) mass is 265 g/mol. The first-order valence-electron chi connectivity index (χ1n) is 7.56. The van der Waals surface area contributed by atoms with E-state index in [2.05, 4.69) is 56.4 Å². The molecule has 1 aliphatic heterocycles. The van der Waals surface area contributed by atoms with Gasteiger partial charge in [-0.25, -0.2) is 0 Å². The quantitative estimate of drug-likeness (QED) is 0.839. The van der Waals surface area contributed by atoms with Crippen molar-refractivity contribution in [1.82, 2.24) is 0 Å². The van der Waals surface area contributed by atoms with Gasteiger partial charge in [-0.15, -0.1) is 0 Å². The van der Waals surface area contributed by atoms with E-state index in [9.17, 15) is 0 Å². The average molecular weight is 265 g/mol. The lowest BCUT2D eigenvalue weighted by Crippen LogP contribution is -2.11. The maximum atomic E-state index is 3.48. The average Bonchev–Trinajstić information content (AvgIpc) is 2.42. The number of rotatable bonds is 2. The van der Waals surface area contributed by atoms with Crippen LogP contribution in [0.1, 0.15) is 39.8 Å². The summed E-state index contributed by atoms with van der Waals surface area (Å²) in [5.74, 6) is 0. The minimum atomic E-state index is 1.05. The smallest absolute Gasteiger partial charge is 0.0372 e. The van der Waals surface area contributed by atoms with Gasteiger partial charge in [0.25, 0.3) is 0 Å². The molecule has 2 aromatic rings. The maximum Gasteiger partial charge on any atom is 0.0372 e. The summed E-state index contributed by atoms with van der Waals surface area (Å²) in [6, 6.07) is 11.5. The lowest BCUT2D eigenvalue weighted by atomic mass is 9.92. The highest BCUT2D eigenvalue weighted by Crippen LogP contribution is 2.26. The molecule has 1 aliphatic rings. The molecule has 20 heavy (non-hydrogen) atoms. The van der Waals surface area contributed by atoms with Gasteiger partial charge in [-0.3, -0.25) is 0 Å². The van der Waals surface area contributed by atoms with Gasteiger partial charge in [0.05, 0.1) is 0 Å². The Balaban J connectivity index is 1.92. The SMILES string of the molecule is Cc1cc(C)c(Cc2ccc3c(c2)CCCN3)c(C)c1. The summed E-state index contributed by atoms with van der Waals surface area (Å²) < 4.78 is 0. The standard InChI is InChI=1S/C19H23N/c1-13-9-14(2)18(15(3)10-13)12-16-6-7-19-17(11-16)5-4-8-20-19/h6-7,9-11,20H,4-5,8,12H2,1-3H3. The Morgan fingerprint density at radius 3 is 2.50 bits per heavy atom. The molecule has 0 unspecified atom stereocenters. The van der Waals surface area contributed by atoms with Crippen molar-refractivity contribution in [2.75, 3.05) is 11.9 Å². The molecule has 0 saturated carbocycles. The largest absolute Gasteiger partial charge is 0.385 e. The van der Waals surface area contributed by atoms with Crippen LogP contribution in [0.25, 0.3) is 0 Å². The Hall–Kier alpha value is -1.76. The van der Waals surface area contributed by atoms with Crippen LogP contribution in [0.3, 0.4) is 0 Å². The highest BCUT2D eigenvalue weighted by molar-refractivity contribution is 5.55. The third-order valence-corrected chi connectivity index (χ3v) is 4.33. The first-order chi connectivity index (χ1) is 9.63. The molecule has 0 radical (unpaired) electrons.